The molecule has 0 heterocycles. The molecule has 16 atom stereocenters. The molecule has 0 aromatic heterocycles. The number of phenols is 1. The number of thiol groups is 6. The normalized spacial score (nSPS) is 14.3. The van der Waals surface area contributed by atoms with Crippen molar-refractivity contribution in [3.05, 3.63) is 65.7 Å². The molecule has 0 saturated carbocycles. The second-order valence-electron chi connectivity index (χ2n) is 34.5. The van der Waals surface area contributed by atoms with Gasteiger partial charge >= 0.3 is 5.97 Å². The molecule has 0 aliphatic carbocycles. The van der Waals surface area contributed by atoms with Crippen LogP contribution in [0.4, 0.5) is 0 Å². The number of nitrogens with two attached hydrogens (primary N) is 6. The second kappa shape index (κ2) is 69.2. The van der Waals surface area contributed by atoms with Crippen molar-refractivity contribution in [2.24, 2.45) is 52.2 Å². The summed E-state index contributed by atoms with van der Waals surface area (Å²) in [5.41, 5.74) is 34.0. The number of nitrogens with one attached hydrogen (secondary N) is 27. The van der Waals surface area contributed by atoms with Crippen molar-refractivity contribution in [1.29, 1.82) is 27.0 Å². The molecule has 0 aliphatic heterocycles. The van der Waals surface area contributed by atoms with Crippen LogP contribution in [0.2, 0.25) is 0 Å². The quantitative estimate of drug-likeness (QED) is 0.0127. The van der Waals surface area contributed by atoms with Crippen LogP contribution in [-0.2, 0) is 99.1 Å². The van der Waals surface area contributed by atoms with Crippen molar-refractivity contribution in [2.75, 3.05) is 80.3 Å². The number of hydrogen-bond acceptors (Lipinski definition) is 31. The molecule has 0 radical (unpaired) electrons. The van der Waals surface area contributed by atoms with Gasteiger partial charge in [-0.25, -0.2) is 4.79 Å². The Hall–Kier alpha value is -12.9. The highest BCUT2D eigenvalue weighted by molar-refractivity contribution is 7.81. The van der Waals surface area contributed by atoms with Gasteiger partial charge in [0, 0.05) is 80.1 Å². The van der Waals surface area contributed by atoms with E-state index in [1.807, 2.05) is 0 Å². The maximum Gasteiger partial charge on any atom is 0.326 e. The summed E-state index contributed by atoms with van der Waals surface area (Å²) in [6.45, 7) is 8.67. The number of aliphatic carboxylic acids is 1. The number of aromatic hydroxyl groups is 1. The Balaban J connectivity index is 2.57. The molecule has 17 amide bonds. The molecular weight excluding hydrogens is 2010 g/mol. The summed E-state index contributed by atoms with van der Waals surface area (Å²) >= 11 is 25.7. The molecule has 145 heavy (non-hydrogen) atoms. The van der Waals surface area contributed by atoms with Gasteiger partial charge in [0.05, 0.1) is 19.1 Å². The Bertz CT molecular complexity index is 4680. The molecule has 59 heteroatoms. The summed E-state index contributed by atoms with van der Waals surface area (Å²) in [4.78, 5) is 252. The first-order chi connectivity index (χ1) is 68.4. The van der Waals surface area contributed by atoms with Gasteiger partial charge in [-0.2, -0.15) is 75.8 Å². The molecular formula is C86H145N33O20S6. The minimum atomic E-state index is -1.67. The van der Waals surface area contributed by atoms with Crippen molar-refractivity contribution < 1.29 is 96.5 Å². The van der Waals surface area contributed by atoms with Crippen molar-refractivity contribution in [2.45, 2.75) is 222 Å². The van der Waals surface area contributed by atoms with E-state index in [9.17, 15) is 86.9 Å². The lowest BCUT2D eigenvalue weighted by atomic mass is 10.0. The first-order valence-electron chi connectivity index (χ1n) is 46.4. The average Bonchev–Trinajstić information content (AvgIpc) is 0.847. The number of amides is 17. The van der Waals surface area contributed by atoms with Gasteiger partial charge in [-0.1, -0.05) is 84.0 Å². The number of carbonyl (C=O) groups excluding carboxylic acids is 17. The molecule has 2 aromatic carbocycles. The van der Waals surface area contributed by atoms with E-state index in [4.69, 9.17) is 61.4 Å². The molecule has 0 spiro atoms. The zero-order valence-electron chi connectivity index (χ0n) is 81.4. The first-order valence-corrected chi connectivity index (χ1v) is 50.2. The Kier molecular flexibility index (Phi) is 61.2. The highest BCUT2D eigenvalue weighted by atomic mass is 32.1. The summed E-state index contributed by atoms with van der Waals surface area (Å²) in [5.74, 6) is -23.7. The third-order valence-electron chi connectivity index (χ3n) is 21.3. The molecule has 0 unspecified atom stereocenters. The Labute approximate surface area is 872 Å². The summed E-state index contributed by atoms with van der Waals surface area (Å²) in [7, 11) is 0. The number of carboxylic acid groups (broad SMARTS) is 1. The maximum absolute atomic E-state index is 15.1. The molecule has 0 fully saturated rings. The van der Waals surface area contributed by atoms with Crippen LogP contribution in [-0.4, -0.2) is 323 Å². The van der Waals surface area contributed by atoms with E-state index < -0.39 is 263 Å². The SMILES string of the molecule is CC(C)C[C@H](NC(=O)[C@H](CS)NC(=O)CNC(=O)CNC(=O)[C@@H](N)CCCNC(=N)N)C(=O)N[C@@H](CS)C(=O)N[C@@H](Cc1ccc(O)cc1)C(=O)N[C@@H](CS)C(=O)N[C@@H](CCCNC(=N)N)C(=O)N[C@@H](CCCNC(=N)N)C(=O)N[C@@H](CCCNC(=N)N)C(=O)N[C@@H](Cc1ccccc1)C(=O)N[C@@H](CS)C(=O)N[C@H](C(=O)N[C@@H](CS)C(=O)N[C@H](C(=O)N[C@@H](CS)C(=O)N[C@@H](CCCNC(=N)N)C(=O)O)C(C)C)C(C)C. The number of carboxylic acids is 1. The highest BCUT2D eigenvalue weighted by Crippen LogP contribution is 2.17. The largest absolute Gasteiger partial charge is 0.508 e. The van der Waals surface area contributed by atoms with Gasteiger partial charge in [-0.05, 0) is 112 Å². The van der Waals surface area contributed by atoms with Crippen molar-refractivity contribution >= 4 is 212 Å². The summed E-state index contributed by atoms with van der Waals surface area (Å²) in [6, 6.07) is -10.3. The topological polar surface area (TPSA) is 888 Å². The van der Waals surface area contributed by atoms with E-state index >= 15 is 9.59 Å². The summed E-state index contributed by atoms with van der Waals surface area (Å²) in [6.07, 6.45) is -0.909. The fourth-order valence-corrected chi connectivity index (χ4v) is 15.0. The van der Waals surface area contributed by atoms with Crippen LogP contribution in [0.3, 0.4) is 0 Å². The van der Waals surface area contributed by atoms with Crippen LogP contribution in [0.5, 0.6) is 5.75 Å². The van der Waals surface area contributed by atoms with Crippen LogP contribution in [0.1, 0.15) is 123 Å². The minimum absolute atomic E-state index is 0.0161. The zero-order chi connectivity index (χ0) is 109. The van der Waals surface area contributed by atoms with Gasteiger partial charge in [0.1, 0.15) is 96.4 Å². The number of hydrogen-bond donors (Lipinski definition) is 41. The van der Waals surface area contributed by atoms with Gasteiger partial charge in [-0.3, -0.25) is 109 Å². The predicted molar refractivity (Wildman–Crippen MR) is 561 cm³/mol. The van der Waals surface area contributed by atoms with E-state index in [0.29, 0.717) is 17.5 Å². The molecule has 2 aromatic rings. The zero-order valence-corrected chi connectivity index (χ0v) is 86.8. The molecule has 41 N–H and O–H groups in total. The fourth-order valence-electron chi connectivity index (χ4n) is 13.5. The number of phenolic OH excluding ortho intramolecular Hbond substituents is 1. The Morgan fingerprint density at radius 1 is 0.290 bits per heavy atom. The molecule has 810 valence electrons. The smallest absolute Gasteiger partial charge is 0.326 e. The Morgan fingerprint density at radius 2 is 0.545 bits per heavy atom. The van der Waals surface area contributed by atoms with Gasteiger partial charge in [0.15, 0.2) is 29.8 Å². The van der Waals surface area contributed by atoms with Crippen molar-refractivity contribution in [3.63, 3.8) is 0 Å². The van der Waals surface area contributed by atoms with Crippen LogP contribution in [0.25, 0.3) is 0 Å². The highest BCUT2D eigenvalue weighted by Gasteiger charge is 2.40. The third-order valence-corrected chi connectivity index (χ3v) is 23.5. The van der Waals surface area contributed by atoms with Crippen LogP contribution in [0, 0.1) is 44.8 Å². The van der Waals surface area contributed by atoms with Crippen molar-refractivity contribution in [3.8, 4) is 5.75 Å². The predicted octanol–water partition coefficient (Wildman–Crippen LogP) is -9.65. The van der Waals surface area contributed by atoms with E-state index in [2.05, 4.69) is 193 Å². The van der Waals surface area contributed by atoms with E-state index in [1.54, 1.807) is 71.9 Å². The third kappa shape index (κ3) is 51.4. The lowest BCUT2D eigenvalue weighted by Crippen LogP contribution is -2.62. The van der Waals surface area contributed by atoms with Gasteiger partial charge in [0.2, 0.25) is 100 Å². The Morgan fingerprint density at radius 3 is 0.862 bits per heavy atom. The number of guanidine groups is 5. The molecule has 0 bridgehead atoms. The number of benzene rings is 2. The number of rotatable bonds is 69. The lowest BCUT2D eigenvalue weighted by molar-refractivity contribution is -0.142. The summed E-state index contributed by atoms with van der Waals surface area (Å²) in [5, 5.41) is 114. The average molecular weight is 2150 g/mol. The fraction of sp³-hybridized carbons (Fsp3) is 0.593. The monoisotopic (exact) mass is 2150 g/mol. The molecule has 0 saturated heterocycles. The van der Waals surface area contributed by atoms with Crippen LogP contribution < -0.4 is 151 Å². The van der Waals surface area contributed by atoms with E-state index in [0.717, 1.165) is 0 Å². The molecule has 53 nitrogen and oxygen atoms in total. The second-order valence-corrected chi connectivity index (χ2v) is 36.6. The minimum Gasteiger partial charge on any atom is -0.508 e. The van der Waals surface area contributed by atoms with Crippen LogP contribution in [0.15, 0.2) is 54.6 Å². The lowest BCUT2D eigenvalue weighted by Gasteiger charge is -2.29. The van der Waals surface area contributed by atoms with E-state index in [1.165, 1.54) is 24.3 Å². The van der Waals surface area contributed by atoms with E-state index in [-0.39, 0.29) is 151 Å². The van der Waals surface area contributed by atoms with Crippen LogP contribution >= 0.6 is 75.8 Å². The van der Waals surface area contributed by atoms with Crippen molar-refractivity contribution in [1.82, 2.24) is 117 Å². The molecule has 2 rings (SSSR count). The van der Waals surface area contributed by atoms with Gasteiger partial charge in [-0.15, -0.1) is 0 Å². The maximum atomic E-state index is 15.1. The van der Waals surface area contributed by atoms with Gasteiger partial charge < -0.3 is 162 Å². The first kappa shape index (κ1) is 128. The molecule has 0 aliphatic rings. The summed E-state index contributed by atoms with van der Waals surface area (Å²) < 4.78 is 0. The standard InChI is InChI=1S/C86H145N33O20S6/c1-42(2)31-53(110-73(130)56(36-140)105-63(122)35-103-62(121)34-104-66(123)48(87)17-10-26-98-82(88)89)70(127)113-58(38-142)76(133)112-55(33-46-22-24-47(120)25-23-46)72(129)114-57(37-141)74(131)108-50(19-12-28-100-84(92)93)68(125)106-49(18-11-27-99-83(90)91)67(124)107-51(20-13-29-101-85(94)95)69(126)111-54(32-45-15-8-7-9-16-45)71(128)115-60(40-144)77(134)118-65(44(5)6)80(137)117-61(41-145)78(135)119-64(43(3)4)79(136)116-59(39-143)75(132)109-52(81(138)139)21-14-30-102-86(96)97/h7-9,15-16,22-25,42-44,48-61,64-65,120,140-145H,10-14,17-21,26-41,87H2,1-6H3,(H,103,121)(H,104,123)(H,105,122)(H,106,125)(H,107,124)(H,108,131)(H,109,132)(H,110,130)(H,111,126)(H,112,133)(H,113,127)(H,114,129)(H,115,128)(H,116,136)(H,117,137)(H,118,134)(H,119,135)(H,138,139)(H4,88,89,98)(H4,90,91,99)(H4,92,93,100)(H4,94,95,101)(H4,96,97,102)/t48-,49-,50-,51-,52-,53-,54-,55-,56-,57-,58-,59-,60-,61-,64-,65-/m0/s1. The van der Waals surface area contributed by atoms with Gasteiger partial charge in [0.25, 0.3) is 0 Å². The number of carbonyl (C=O) groups is 18.